The molecular weight excluding hydrogens is 823 g/mol. The van der Waals surface area contributed by atoms with Gasteiger partial charge in [0, 0.05) is 45.0 Å². The molecule has 68 heavy (non-hydrogen) atoms. The minimum absolute atomic E-state index is 0.0244. The predicted molar refractivity (Wildman–Crippen MR) is 286 cm³/mol. The number of anilines is 5. The Bertz CT molecular complexity index is 3290. The molecule has 1 atom stereocenters. The first-order valence-corrected chi connectivity index (χ1v) is 25.3. The van der Waals surface area contributed by atoms with E-state index in [4.69, 9.17) is 0 Å². The molecular formula is C65H61N3. The average molecular weight is 884 g/mol. The fourth-order valence-corrected chi connectivity index (χ4v) is 13.5. The van der Waals surface area contributed by atoms with Crippen LogP contribution in [0.15, 0.2) is 203 Å². The lowest BCUT2D eigenvalue weighted by Gasteiger charge is -2.46. The molecule has 5 aromatic rings. The third-order valence-electron chi connectivity index (χ3n) is 17.1. The van der Waals surface area contributed by atoms with Crippen molar-refractivity contribution in [3.8, 4) is 11.1 Å². The Balaban J connectivity index is 0.784. The van der Waals surface area contributed by atoms with Crippen molar-refractivity contribution in [2.75, 3.05) is 14.7 Å². The van der Waals surface area contributed by atoms with E-state index in [2.05, 4.69) is 226 Å². The largest absolute Gasteiger partial charge is 0.314 e. The zero-order valence-corrected chi connectivity index (χ0v) is 40.5. The highest BCUT2D eigenvalue weighted by molar-refractivity contribution is 5.92. The maximum absolute atomic E-state index is 2.62. The standard InChI is InChI=1S/C65H61N3/c1-63(2)51-20-10-12-22-57(51)67(58-23-13-11-21-52(58)63)45-32-36-49-47-34-30-42(38-53(47)64(3,4)55(49)40-45)28-29-43-31-35-48-50-37-33-46(41-56(50)65(5,6)54(48)39-43)68-61-26-16-14-24-59(61)66(44-18-8-7-9-19-44)60-25-15-17-27-62(60)68/h7-10,13-16,18-20,23-26,28-38,40-41,54H,11-12,17,21-22,27,39H2,1-6H3/b29-28+. The second-order valence-electron chi connectivity index (χ2n) is 21.9. The van der Waals surface area contributed by atoms with E-state index in [-0.39, 0.29) is 16.2 Å². The van der Waals surface area contributed by atoms with Crippen LogP contribution < -0.4 is 14.7 Å². The summed E-state index contributed by atoms with van der Waals surface area (Å²) in [7, 11) is 0. The van der Waals surface area contributed by atoms with Gasteiger partial charge < -0.3 is 14.7 Å². The van der Waals surface area contributed by atoms with Gasteiger partial charge in [0.1, 0.15) is 0 Å². The Morgan fingerprint density at radius 2 is 1.13 bits per heavy atom. The summed E-state index contributed by atoms with van der Waals surface area (Å²) in [6.07, 6.45) is 31.3. The third-order valence-corrected chi connectivity index (χ3v) is 17.1. The Labute approximate surface area is 403 Å². The van der Waals surface area contributed by atoms with Gasteiger partial charge in [-0.3, -0.25) is 0 Å². The fraction of sp³-hybridized carbons (Fsp3) is 0.262. The highest BCUT2D eigenvalue weighted by atomic mass is 15.3. The van der Waals surface area contributed by atoms with E-state index in [9.17, 15) is 0 Å². The second-order valence-corrected chi connectivity index (χ2v) is 21.9. The van der Waals surface area contributed by atoms with Gasteiger partial charge in [-0.1, -0.05) is 151 Å². The summed E-state index contributed by atoms with van der Waals surface area (Å²) < 4.78 is 0. The summed E-state index contributed by atoms with van der Waals surface area (Å²) in [4.78, 5) is 7.63. The van der Waals surface area contributed by atoms with Gasteiger partial charge >= 0.3 is 0 Å². The molecule has 0 aromatic heterocycles. The molecule has 13 rings (SSSR count). The molecule has 1 unspecified atom stereocenters. The van der Waals surface area contributed by atoms with E-state index in [0.29, 0.717) is 5.92 Å². The smallest absolute Gasteiger partial charge is 0.0703 e. The quantitative estimate of drug-likeness (QED) is 0.174. The Kier molecular flexibility index (Phi) is 9.17. The van der Waals surface area contributed by atoms with Crippen LogP contribution in [0.3, 0.4) is 0 Å². The first-order chi connectivity index (χ1) is 33.0. The minimum atomic E-state index is -0.119. The maximum atomic E-state index is 2.62. The van der Waals surface area contributed by atoms with Crippen molar-refractivity contribution in [3.05, 3.63) is 231 Å². The molecule has 6 aliphatic carbocycles. The van der Waals surface area contributed by atoms with Crippen molar-refractivity contribution in [3.63, 3.8) is 0 Å². The number of hydrogen-bond acceptors (Lipinski definition) is 3. The molecule has 8 aliphatic rings. The molecule has 0 bridgehead atoms. The minimum Gasteiger partial charge on any atom is -0.314 e. The summed E-state index contributed by atoms with van der Waals surface area (Å²) >= 11 is 0. The summed E-state index contributed by atoms with van der Waals surface area (Å²) in [6, 6.07) is 41.6. The molecule has 0 spiro atoms. The molecule has 2 heterocycles. The summed E-state index contributed by atoms with van der Waals surface area (Å²) in [6.45, 7) is 14.7. The van der Waals surface area contributed by atoms with Crippen molar-refractivity contribution in [2.45, 2.75) is 97.3 Å². The van der Waals surface area contributed by atoms with Gasteiger partial charge in [0.2, 0.25) is 0 Å². The Hall–Kier alpha value is -6.84. The van der Waals surface area contributed by atoms with Crippen LogP contribution in [0.4, 0.5) is 28.4 Å². The lowest BCUT2D eigenvalue weighted by molar-refractivity contribution is 0.410. The lowest BCUT2D eigenvalue weighted by Crippen LogP contribution is -2.37. The monoisotopic (exact) mass is 883 g/mol. The summed E-state index contributed by atoms with van der Waals surface area (Å²) in [5.74, 6) is 0.410. The summed E-state index contributed by atoms with van der Waals surface area (Å²) in [5, 5.41) is 0. The van der Waals surface area contributed by atoms with Crippen molar-refractivity contribution < 1.29 is 0 Å². The number of nitrogens with zero attached hydrogens (tertiary/aromatic N) is 3. The van der Waals surface area contributed by atoms with E-state index in [1.807, 2.05) is 0 Å². The average Bonchev–Trinajstić information content (AvgIpc) is 3.73. The second kappa shape index (κ2) is 15.1. The maximum Gasteiger partial charge on any atom is 0.0703 e. The predicted octanol–water partition coefficient (Wildman–Crippen LogP) is 17.2. The highest BCUT2D eigenvalue weighted by Crippen LogP contribution is 2.58. The SMILES string of the molecule is CC1(C)C2=C(CCC=C2)N(c2ccc3c(c2)C(C)(C)c2cc(/C=C/C4=CC=C5c6ccc(N7C8=C(C=CCC8)N(c8ccccc8)c8ccccc87)cc6C(C)(C)C5C4)ccc2-3)C2=C1CCC=C2. The number of hydrogen-bond donors (Lipinski definition) is 0. The van der Waals surface area contributed by atoms with Crippen LogP contribution in [0.2, 0.25) is 0 Å². The first-order valence-electron chi connectivity index (χ1n) is 25.3. The van der Waals surface area contributed by atoms with Crippen LogP contribution in [-0.4, -0.2) is 0 Å². The normalized spacial score (nSPS) is 22.0. The first kappa shape index (κ1) is 41.4. The third kappa shape index (κ3) is 6.03. The van der Waals surface area contributed by atoms with Crippen molar-refractivity contribution in [1.82, 2.24) is 0 Å². The number of fused-ring (bicyclic) bond motifs is 7. The molecule has 2 aliphatic heterocycles. The molecule has 0 radical (unpaired) electrons. The van der Waals surface area contributed by atoms with Crippen LogP contribution in [-0.2, 0) is 10.8 Å². The van der Waals surface area contributed by atoms with Crippen LogP contribution in [0, 0.1) is 11.3 Å². The van der Waals surface area contributed by atoms with Crippen molar-refractivity contribution >= 4 is 40.1 Å². The lowest BCUT2D eigenvalue weighted by atomic mass is 9.68. The van der Waals surface area contributed by atoms with Gasteiger partial charge in [0.25, 0.3) is 0 Å². The van der Waals surface area contributed by atoms with E-state index >= 15 is 0 Å². The molecule has 0 fully saturated rings. The van der Waals surface area contributed by atoms with Crippen molar-refractivity contribution in [2.24, 2.45) is 11.3 Å². The Morgan fingerprint density at radius 3 is 1.93 bits per heavy atom. The van der Waals surface area contributed by atoms with E-state index in [1.54, 1.807) is 5.57 Å². The van der Waals surface area contributed by atoms with E-state index in [1.165, 1.54) is 107 Å². The van der Waals surface area contributed by atoms with Gasteiger partial charge in [0.15, 0.2) is 0 Å². The van der Waals surface area contributed by atoms with E-state index in [0.717, 1.165) is 44.9 Å². The molecule has 3 heteroatoms. The highest BCUT2D eigenvalue weighted by Gasteiger charge is 2.45. The van der Waals surface area contributed by atoms with Gasteiger partial charge in [-0.2, -0.15) is 0 Å². The van der Waals surface area contributed by atoms with Gasteiger partial charge in [-0.05, 0) is 178 Å². The van der Waals surface area contributed by atoms with Gasteiger partial charge in [-0.25, -0.2) is 0 Å². The molecule has 0 N–H and O–H groups in total. The zero-order chi connectivity index (χ0) is 46.1. The fourth-order valence-electron chi connectivity index (χ4n) is 13.5. The van der Waals surface area contributed by atoms with Gasteiger partial charge in [0.05, 0.1) is 17.1 Å². The zero-order valence-electron chi connectivity index (χ0n) is 40.5. The van der Waals surface area contributed by atoms with Crippen molar-refractivity contribution in [1.29, 1.82) is 0 Å². The van der Waals surface area contributed by atoms with Crippen LogP contribution >= 0.6 is 0 Å². The molecule has 336 valence electrons. The molecule has 0 saturated heterocycles. The van der Waals surface area contributed by atoms with Gasteiger partial charge in [-0.15, -0.1) is 0 Å². The topological polar surface area (TPSA) is 9.72 Å². The molecule has 3 nitrogen and oxygen atoms in total. The van der Waals surface area contributed by atoms with Crippen LogP contribution in [0.1, 0.15) is 114 Å². The number of allylic oxidation sites excluding steroid dienone is 15. The number of para-hydroxylation sites is 3. The van der Waals surface area contributed by atoms with Crippen LogP contribution in [0.25, 0.3) is 22.8 Å². The summed E-state index contributed by atoms with van der Waals surface area (Å²) in [5.41, 5.74) is 27.3. The molecule has 5 aromatic carbocycles. The molecule has 0 saturated carbocycles. The van der Waals surface area contributed by atoms with E-state index < -0.39 is 0 Å². The Morgan fingerprint density at radius 1 is 0.500 bits per heavy atom. The molecule has 0 amide bonds. The number of rotatable bonds is 5. The number of benzene rings is 5. The van der Waals surface area contributed by atoms with Crippen LogP contribution in [0.5, 0.6) is 0 Å².